The Hall–Kier alpha value is -3.02. The van der Waals surface area contributed by atoms with Gasteiger partial charge in [-0.1, -0.05) is 48.5 Å². The fourth-order valence-electron chi connectivity index (χ4n) is 2.49. The number of rotatable bonds is 6. The van der Waals surface area contributed by atoms with Crippen molar-refractivity contribution >= 4 is 0 Å². The average molecular weight is 324 g/mol. The van der Waals surface area contributed by atoms with Crippen LogP contribution in [0.5, 0.6) is 5.75 Å². The molecule has 0 unspecified atom stereocenters. The quantitative estimate of drug-likeness (QED) is 0.703. The van der Waals surface area contributed by atoms with Crippen molar-refractivity contribution in [1.29, 1.82) is 0 Å². The number of aryl methyl sites for hydroxylation is 3. The van der Waals surface area contributed by atoms with Crippen molar-refractivity contribution in [3.63, 3.8) is 0 Å². The Bertz CT molecular complexity index is 868. The normalized spacial score (nSPS) is 10.7. The highest BCUT2D eigenvalue weighted by atomic mass is 16.5. The van der Waals surface area contributed by atoms with Gasteiger partial charge in [0.2, 0.25) is 0 Å². The van der Waals surface area contributed by atoms with Gasteiger partial charge in [0.15, 0.2) is 0 Å². The van der Waals surface area contributed by atoms with E-state index in [-0.39, 0.29) is 5.69 Å². The van der Waals surface area contributed by atoms with Crippen molar-refractivity contribution in [2.24, 2.45) is 0 Å². The molecule has 0 saturated carbocycles. The molecule has 0 spiro atoms. The zero-order valence-electron chi connectivity index (χ0n) is 13.6. The van der Waals surface area contributed by atoms with E-state index >= 15 is 0 Å². The van der Waals surface area contributed by atoms with Gasteiger partial charge < -0.3 is 10.6 Å². The number of nitrogen functional groups attached to an aromatic ring is 1. The van der Waals surface area contributed by atoms with E-state index < -0.39 is 0 Å². The average Bonchev–Trinajstić information content (AvgIpc) is 2.86. The van der Waals surface area contributed by atoms with Crippen molar-refractivity contribution in [3.05, 3.63) is 82.0 Å². The first kappa shape index (κ1) is 15.9. The fraction of sp³-hybridized carbons (Fsp3) is 0.222. The van der Waals surface area contributed by atoms with Gasteiger partial charge in [0, 0.05) is 0 Å². The lowest BCUT2D eigenvalue weighted by atomic mass is 10.1. The molecule has 124 valence electrons. The summed E-state index contributed by atoms with van der Waals surface area (Å²) in [6.45, 7) is 2.67. The Kier molecular flexibility index (Phi) is 4.65. The first-order chi connectivity index (χ1) is 11.6. The van der Waals surface area contributed by atoms with Crippen LogP contribution in [0, 0.1) is 6.92 Å². The third kappa shape index (κ3) is 3.48. The van der Waals surface area contributed by atoms with E-state index in [1.807, 2.05) is 54.6 Å². The summed E-state index contributed by atoms with van der Waals surface area (Å²) in [6.07, 6.45) is 0.640. The van der Waals surface area contributed by atoms with E-state index in [1.165, 1.54) is 4.68 Å². The Labute approximate surface area is 140 Å². The SMILES string of the molecule is Cc1nn(CCc2ccccc2OCc2ccccc2)c(=O)n1N. The van der Waals surface area contributed by atoms with Crippen LogP contribution in [0.3, 0.4) is 0 Å². The second-order valence-corrected chi connectivity index (χ2v) is 5.55. The number of benzene rings is 2. The van der Waals surface area contributed by atoms with E-state index in [0.29, 0.717) is 25.4 Å². The number of para-hydroxylation sites is 1. The lowest BCUT2D eigenvalue weighted by molar-refractivity contribution is 0.302. The van der Waals surface area contributed by atoms with Gasteiger partial charge in [0.05, 0.1) is 6.54 Å². The second-order valence-electron chi connectivity index (χ2n) is 5.55. The van der Waals surface area contributed by atoms with Crippen LogP contribution in [-0.2, 0) is 19.6 Å². The van der Waals surface area contributed by atoms with Crippen LogP contribution in [0.25, 0.3) is 0 Å². The molecule has 0 saturated heterocycles. The van der Waals surface area contributed by atoms with Crippen molar-refractivity contribution in [3.8, 4) is 5.75 Å². The molecule has 1 aromatic heterocycles. The van der Waals surface area contributed by atoms with Gasteiger partial charge >= 0.3 is 5.69 Å². The summed E-state index contributed by atoms with van der Waals surface area (Å²) in [5.74, 6) is 6.92. The number of ether oxygens (including phenoxy) is 1. The molecule has 0 aliphatic heterocycles. The topological polar surface area (TPSA) is 75.1 Å². The molecule has 3 rings (SSSR count). The van der Waals surface area contributed by atoms with E-state index in [9.17, 15) is 4.79 Å². The lowest BCUT2D eigenvalue weighted by Gasteiger charge is -2.11. The first-order valence-corrected chi connectivity index (χ1v) is 7.81. The molecule has 1 heterocycles. The maximum absolute atomic E-state index is 11.9. The highest BCUT2D eigenvalue weighted by Gasteiger charge is 2.09. The molecule has 3 aromatic rings. The number of nitrogens with zero attached hydrogens (tertiary/aromatic N) is 3. The molecule has 2 aromatic carbocycles. The Morgan fingerprint density at radius 3 is 2.50 bits per heavy atom. The third-order valence-corrected chi connectivity index (χ3v) is 3.84. The van der Waals surface area contributed by atoms with Crippen LogP contribution in [-0.4, -0.2) is 14.5 Å². The molecule has 24 heavy (non-hydrogen) atoms. The number of nitrogens with two attached hydrogens (primary N) is 1. The summed E-state index contributed by atoms with van der Waals surface area (Å²) in [7, 11) is 0. The smallest absolute Gasteiger partial charge is 0.364 e. The van der Waals surface area contributed by atoms with Crippen LogP contribution in [0.2, 0.25) is 0 Å². The Balaban J connectivity index is 1.70. The molecule has 0 bridgehead atoms. The van der Waals surface area contributed by atoms with Gasteiger partial charge in [-0.25, -0.2) is 9.48 Å². The second kappa shape index (κ2) is 7.04. The number of hydrogen-bond donors (Lipinski definition) is 1. The van der Waals surface area contributed by atoms with E-state index in [0.717, 1.165) is 21.6 Å². The van der Waals surface area contributed by atoms with Gasteiger partial charge in [-0.3, -0.25) is 0 Å². The molecule has 0 radical (unpaired) electrons. The molecule has 0 fully saturated rings. The molecule has 0 amide bonds. The van der Waals surface area contributed by atoms with Crippen molar-refractivity contribution in [1.82, 2.24) is 14.5 Å². The Morgan fingerprint density at radius 1 is 1.08 bits per heavy atom. The molecule has 2 N–H and O–H groups in total. The largest absolute Gasteiger partial charge is 0.489 e. The minimum absolute atomic E-state index is 0.310. The number of aromatic nitrogens is 3. The van der Waals surface area contributed by atoms with Crippen LogP contribution in [0.15, 0.2) is 59.4 Å². The summed E-state index contributed by atoms with van der Waals surface area (Å²) in [5.41, 5.74) is 1.83. The highest BCUT2D eigenvalue weighted by molar-refractivity contribution is 5.33. The molecular weight excluding hydrogens is 304 g/mol. The summed E-state index contributed by atoms with van der Waals surface area (Å²) in [5, 5.41) is 4.15. The molecule has 0 atom stereocenters. The fourth-order valence-corrected chi connectivity index (χ4v) is 2.49. The molecule has 6 heteroatoms. The highest BCUT2D eigenvalue weighted by Crippen LogP contribution is 2.20. The predicted molar refractivity (Wildman–Crippen MR) is 92.3 cm³/mol. The Morgan fingerprint density at radius 2 is 1.79 bits per heavy atom. The summed E-state index contributed by atoms with van der Waals surface area (Å²) in [6, 6.07) is 17.8. The van der Waals surface area contributed by atoms with Crippen molar-refractivity contribution < 1.29 is 4.74 Å². The van der Waals surface area contributed by atoms with Crippen LogP contribution in [0.1, 0.15) is 17.0 Å². The lowest BCUT2D eigenvalue weighted by Crippen LogP contribution is -2.30. The summed E-state index contributed by atoms with van der Waals surface area (Å²) < 4.78 is 8.36. The molecule has 6 nitrogen and oxygen atoms in total. The van der Waals surface area contributed by atoms with Crippen LogP contribution in [0.4, 0.5) is 0 Å². The van der Waals surface area contributed by atoms with Crippen LogP contribution >= 0.6 is 0 Å². The van der Waals surface area contributed by atoms with Gasteiger partial charge in [-0.15, -0.1) is 0 Å². The summed E-state index contributed by atoms with van der Waals surface area (Å²) in [4.78, 5) is 11.9. The van der Waals surface area contributed by atoms with Crippen molar-refractivity contribution in [2.45, 2.75) is 26.5 Å². The standard InChI is InChI=1S/C18H20N4O2/c1-14-20-21(18(23)22(14)19)12-11-16-9-5-6-10-17(16)24-13-15-7-3-2-4-8-15/h2-10H,11-13,19H2,1H3. The van der Waals surface area contributed by atoms with Crippen molar-refractivity contribution in [2.75, 3.05) is 5.84 Å². The predicted octanol–water partition coefficient (Wildman–Crippen LogP) is 1.89. The minimum Gasteiger partial charge on any atom is -0.489 e. The maximum atomic E-state index is 11.9. The third-order valence-electron chi connectivity index (χ3n) is 3.84. The zero-order valence-corrected chi connectivity index (χ0v) is 13.6. The zero-order chi connectivity index (χ0) is 16.9. The van der Waals surface area contributed by atoms with Gasteiger partial charge in [0.25, 0.3) is 0 Å². The molecular formula is C18H20N4O2. The maximum Gasteiger partial charge on any atom is 0.364 e. The number of hydrogen-bond acceptors (Lipinski definition) is 4. The molecule has 0 aliphatic rings. The van der Waals surface area contributed by atoms with E-state index in [1.54, 1.807) is 6.92 Å². The minimum atomic E-state index is -0.310. The van der Waals surface area contributed by atoms with Crippen LogP contribution < -0.4 is 16.3 Å². The van der Waals surface area contributed by atoms with Gasteiger partial charge in [-0.2, -0.15) is 9.77 Å². The van der Waals surface area contributed by atoms with Gasteiger partial charge in [0.1, 0.15) is 18.2 Å². The summed E-state index contributed by atoms with van der Waals surface area (Å²) >= 11 is 0. The van der Waals surface area contributed by atoms with E-state index in [2.05, 4.69) is 5.10 Å². The molecule has 0 aliphatic carbocycles. The van der Waals surface area contributed by atoms with E-state index in [4.69, 9.17) is 10.6 Å². The first-order valence-electron chi connectivity index (χ1n) is 7.81. The monoisotopic (exact) mass is 324 g/mol. The van der Waals surface area contributed by atoms with Gasteiger partial charge in [-0.05, 0) is 30.5 Å².